The Labute approximate surface area is 116 Å². The molecular weight excluding hydrogens is 253 g/mol. The Morgan fingerprint density at radius 2 is 1.80 bits per heavy atom. The highest BCUT2D eigenvalue weighted by Crippen LogP contribution is 2.34. The van der Waals surface area contributed by atoms with Crippen molar-refractivity contribution in [2.75, 3.05) is 0 Å². The van der Waals surface area contributed by atoms with E-state index in [9.17, 15) is 4.39 Å². The topological polar surface area (TPSA) is 41.6 Å². The molecule has 1 aromatic carbocycles. The fourth-order valence-corrected chi connectivity index (χ4v) is 2.36. The van der Waals surface area contributed by atoms with Gasteiger partial charge in [-0.3, -0.25) is 10.1 Å². The highest BCUT2D eigenvalue weighted by atomic mass is 19.1. The number of rotatable bonds is 2. The number of aryl methyl sites for hydroxylation is 1. The maximum Gasteiger partial charge on any atom is 0.126 e. The van der Waals surface area contributed by atoms with Gasteiger partial charge in [0.05, 0.1) is 0 Å². The zero-order valence-electron chi connectivity index (χ0n) is 11.3. The van der Waals surface area contributed by atoms with E-state index in [1.165, 1.54) is 6.07 Å². The van der Waals surface area contributed by atoms with Gasteiger partial charge in [0, 0.05) is 29.2 Å². The number of hydrogen-bond donors (Lipinski definition) is 1. The van der Waals surface area contributed by atoms with Gasteiger partial charge in [0.25, 0.3) is 0 Å². The summed E-state index contributed by atoms with van der Waals surface area (Å²) >= 11 is 0. The van der Waals surface area contributed by atoms with Crippen LogP contribution in [0.15, 0.2) is 42.7 Å². The van der Waals surface area contributed by atoms with Gasteiger partial charge in [-0.2, -0.15) is 5.10 Å². The third-order valence-electron chi connectivity index (χ3n) is 3.44. The minimum Gasteiger partial charge on any atom is -0.282 e. The lowest BCUT2D eigenvalue weighted by Crippen LogP contribution is -1.90. The van der Waals surface area contributed by atoms with Crippen LogP contribution < -0.4 is 0 Å². The number of aromatic amines is 1. The van der Waals surface area contributed by atoms with Gasteiger partial charge in [-0.15, -0.1) is 0 Å². The van der Waals surface area contributed by atoms with E-state index in [4.69, 9.17) is 0 Å². The van der Waals surface area contributed by atoms with E-state index >= 15 is 0 Å². The van der Waals surface area contributed by atoms with E-state index < -0.39 is 0 Å². The van der Waals surface area contributed by atoms with E-state index in [-0.39, 0.29) is 5.82 Å². The molecule has 0 fully saturated rings. The van der Waals surface area contributed by atoms with Crippen molar-refractivity contribution in [1.82, 2.24) is 15.2 Å². The van der Waals surface area contributed by atoms with Gasteiger partial charge in [-0.05, 0) is 43.2 Å². The van der Waals surface area contributed by atoms with Crippen molar-refractivity contribution in [2.24, 2.45) is 0 Å². The van der Waals surface area contributed by atoms with Gasteiger partial charge in [-0.1, -0.05) is 12.1 Å². The maximum absolute atomic E-state index is 13.8. The summed E-state index contributed by atoms with van der Waals surface area (Å²) in [4.78, 5) is 4.03. The lowest BCUT2D eigenvalue weighted by molar-refractivity contribution is 0.619. The first-order valence-electron chi connectivity index (χ1n) is 6.39. The van der Waals surface area contributed by atoms with Gasteiger partial charge in [0.2, 0.25) is 0 Å². The van der Waals surface area contributed by atoms with Gasteiger partial charge >= 0.3 is 0 Å². The average Bonchev–Trinajstić information content (AvgIpc) is 2.84. The Morgan fingerprint density at radius 1 is 1.05 bits per heavy atom. The minimum atomic E-state index is -0.219. The molecule has 2 heterocycles. The fraction of sp³-hybridized carbons (Fsp3) is 0.125. The first kappa shape index (κ1) is 12.5. The largest absolute Gasteiger partial charge is 0.282 e. The number of nitrogens with zero attached hydrogens (tertiary/aromatic N) is 2. The summed E-state index contributed by atoms with van der Waals surface area (Å²) in [6.07, 6.45) is 3.48. The van der Waals surface area contributed by atoms with Crippen molar-refractivity contribution in [2.45, 2.75) is 13.8 Å². The Bertz CT molecular complexity index is 748. The molecule has 0 aliphatic rings. The van der Waals surface area contributed by atoms with Crippen LogP contribution in [-0.4, -0.2) is 15.2 Å². The quantitative estimate of drug-likeness (QED) is 0.765. The Morgan fingerprint density at radius 3 is 2.55 bits per heavy atom. The van der Waals surface area contributed by atoms with Crippen LogP contribution in [0, 0.1) is 19.7 Å². The van der Waals surface area contributed by atoms with Crippen molar-refractivity contribution in [1.29, 1.82) is 0 Å². The standard InChI is InChI=1S/C16H14FN3/c1-10-13(4-3-5-14(10)17)16-15(11(2)19-20-16)12-6-8-18-9-7-12/h3-9H,1-2H3,(H,19,20). The molecule has 0 unspecified atom stereocenters. The molecule has 0 saturated heterocycles. The third kappa shape index (κ3) is 1.99. The predicted molar refractivity (Wildman–Crippen MR) is 76.7 cm³/mol. The molecule has 3 nitrogen and oxygen atoms in total. The summed E-state index contributed by atoms with van der Waals surface area (Å²) in [6.45, 7) is 3.73. The monoisotopic (exact) mass is 267 g/mol. The second kappa shape index (κ2) is 4.89. The number of pyridine rings is 1. The smallest absolute Gasteiger partial charge is 0.126 e. The Kier molecular flexibility index (Phi) is 3.06. The van der Waals surface area contributed by atoms with E-state index in [0.717, 1.165) is 28.1 Å². The summed E-state index contributed by atoms with van der Waals surface area (Å²) in [6, 6.07) is 8.91. The molecule has 0 aliphatic heterocycles. The molecule has 2 aromatic heterocycles. The number of nitrogens with one attached hydrogen (secondary N) is 1. The summed E-state index contributed by atoms with van der Waals surface area (Å²) in [5, 5.41) is 7.34. The molecule has 20 heavy (non-hydrogen) atoms. The molecule has 100 valence electrons. The van der Waals surface area contributed by atoms with Crippen molar-refractivity contribution < 1.29 is 4.39 Å². The molecule has 0 bridgehead atoms. The van der Waals surface area contributed by atoms with Crippen LogP contribution in [0.25, 0.3) is 22.4 Å². The summed E-state index contributed by atoms with van der Waals surface area (Å²) < 4.78 is 13.8. The summed E-state index contributed by atoms with van der Waals surface area (Å²) in [5.74, 6) is -0.219. The molecule has 0 saturated carbocycles. The van der Waals surface area contributed by atoms with Crippen LogP contribution in [0.2, 0.25) is 0 Å². The van der Waals surface area contributed by atoms with E-state index in [1.807, 2.05) is 25.1 Å². The van der Waals surface area contributed by atoms with E-state index in [1.54, 1.807) is 25.4 Å². The van der Waals surface area contributed by atoms with Crippen LogP contribution in [0.5, 0.6) is 0 Å². The predicted octanol–water partition coefficient (Wildman–Crippen LogP) is 3.89. The summed E-state index contributed by atoms with van der Waals surface area (Å²) in [7, 11) is 0. The van der Waals surface area contributed by atoms with Crippen LogP contribution in [0.1, 0.15) is 11.3 Å². The Balaban J connectivity index is 2.24. The normalized spacial score (nSPS) is 10.8. The van der Waals surface area contributed by atoms with Gasteiger partial charge in [-0.25, -0.2) is 4.39 Å². The first-order valence-corrected chi connectivity index (χ1v) is 6.39. The molecule has 3 aromatic rings. The highest BCUT2D eigenvalue weighted by Gasteiger charge is 2.16. The molecule has 0 atom stereocenters. The lowest BCUT2D eigenvalue weighted by atomic mass is 9.97. The highest BCUT2D eigenvalue weighted by molar-refractivity contribution is 5.83. The molecule has 1 N–H and O–H groups in total. The van der Waals surface area contributed by atoms with Crippen LogP contribution in [0.4, 0.5) is 4.39 Å². The van der Waals surface area contributed by atoms with E-state index in [0.29, 0.717) is 5.56 Å². The third-order valence-corrected chi connectivity index (χ3v) is 3.44. The second-order valence-corrected chi connectivity index (χ2v) is 4.72. The zero-order valence-corrected chi connectivity index (χ0v) is 11.3. The summed E-state index contributed by atoms with van der Waals surface area (Å²) in [5.41, 5.74) is 5.14. The Hall–Kier alpha value is -2.49. The first-order chi connectivity index (χ1) is 9.68. The van der Waals surface area contributed by atoms with Crippen molar-refractivity contribution >= 4 is 0 Å². The number of benzene rings is 1. The maximum atomic E-state index is 13.8. The SMILES string of the molecule is Cc1[nH]nc(-c2cccc(F)c2C)c1-c1ccncc1. The zero-order chi connectivity index (χ0) is 14.1. The number of hydrogen-bond acceptors (Lipinski definition) is 2. The van der Waals surface area contributed by atoms with Gasteiger partial charge < -0.3 is 0 Å². The molecule has 4 heteroatoms. The van der Waals surface area contributed by atoms with Crippen LogP contribution >= 0.6 is 0 Å². The molecule has 0 amide bonds. The second-order valence-electron chi connectivity index (χ2n) is 4.72. The van der Waals surface area contributed by atoms with Gasteiger partial charge in [0.15, 0.2) is 0 Å². The fourth-order valence-electron chi connectivity index (χ4n) is 2.36. The average molecular weight is 267 g/mol. The molecule has 0 spiro atoms. The molecule has 0 aliphatic carbocycles. The van der Waals surface area contributed by atoms with Crippen LogP contribution in [0.3, 0.4) is 0 Å². The molecular formula is C16H14FN3. The number of aromatic nitrogens is 3. The number of H-pyrrole nitrogens is 1. The molecule has 0 radical (unpaired) electrons. The van der Waals surface area contributed by atoms with Crippen molar-refractivity contribution in [3.05, 3.63) is 59.8 Å². The lowest BCUT2D eigenvalue weighted by Gasteiger charge is -2.07. The number of halogens is 1. The molecule has 3 rings (SSSR count). The minimum absolute atomic E-state index is 0.219. The van der Waals surface area contributed by atoms with Gasteiger partial charge in [0.1, 0.15) is 11.5 Å². The van der Waals surface area contributed by atoms with E-state index in [2.05, 4.69) is 15.2 Å². The van der Waals surface area contributed by atoms with Crippen LogP contribution in [-0.2, 0) is 0 Å². The van der Waals surface area contributed by atoms with Crippen molar-refractivity contribution in [3.8, 4) is 22.4 Å². The van der Waals surface area contributed by atoms with Crippen molar-refractivity contribution in [3.63, 3.8) is 0 Å².